The number of aromatic nitrogens is 2. The topological polar surface area (TPSA) is 47.1 Å². The van der Waals surface area contributed by atoms with E-state index in [1.807, 2.05) is 12.4 Å². The van der Waals surface area contributed by atoms with Gasteiger partial charge in [0.05, 0.1) is 0 Å². The maximum Gasteiger partial charge on any atom is 0.205 e. The summed E-state index contributed by atoms with van der Waals surface area (Å²) in [4.78, 5) is 6.83. The highest BCUT2D eigenvalue weighted by Crippen LogP contribution is 2.36. The molecule has 0 radical (unpaired) electrons. The van der Waals surface area contributed by atoms with Crippen molar-refractivity contribution in [3.05, 3.63) is 12.4 Å². The van der Waals surface area contributed by atoms with Crippen LogP contribution in [0.2, 0.25) is 0 Å². The Bertz CT molecular complexity index is 373. The third-order valence-electron chi connectivity index (χ3n) is 4.23. The second-order valence-corrected chi connectivity index (χ2v) is 5.26. The average Bonchev–Trinajstić information content (AvgIpc) is 2.84. The molecule has 2 N–H and O–H groups in total. The van der Waals surface area contributed by atoms with Crippen molar-refractivity contribution in [1.29, 1.82) is 0 Å². The smallest absolute Gasteiger partial charge is 0.205 e. The molecule has 1 aromatic heterocycles. The van der Waals surface area contributed by atoms with Crippen LogP contribution in [0.15, 0.2) is 12.4 Å². The maximum absolute atomic E-state index is 6.22. The van der Waals surface area contributed by atoms with Gasteiger partial charge in [0.1, 0.15) is 0 Å². The number of fused-ring (bicyclic) bond motifs is 1. The fourth-order valence-corrected chi connectivity index (χ4v) is 3.34. The number of nitrogens with two attached hydrogens (primary N) is 1. The molecular formula is C12H20N4. The molecule has 2 aliphatic rings. The first-order chi connectivity index (χ1) is 7.75. The van der Waals surface area contributed by atoms with Crippen molar-refractivity contribution in [2.75, 3.05) is 18.0 Å². The first kappa shape index (κ1) is 10.1. The number of nitrogens with zero attached hydrogens (tertiary/aromatic N) is 3. The lowest BCUT2D eigenvalue weighted by molar-refractivity contribution is 0.260. The second-order valence-electron chi connectivity index (χ2n) is 5.26. The number of imidazole rings is 1. The van der Waals surface area contributed by atoms with E-state index in [4.69, 9.17) is 5.73 Å². The predicted octanol–water partition coefficient (Wildman–Crippen LogP) is 0.984. The predicted molar refractivity (Wildman–Crippen MR) is 64.2 cm³/mol. The lowest BCUT2D eigenvalue weighted by Crippen LogP contribution is -2.38. The molecule has 1 saturated heterocycles. The molecule has 0 aromatic carbocycles. The summed E-state index contributed by atoms with van der Waals surface area (Å²) < 4.78 is 2.10. The average molecular weight is 220 g/mol. The van der Waals surface area contributed by atoms with Gasteiger partial charge < -0.3 is 15.2 Å². The number of hydrogen-bond donors (Lipinski definition) is 1. The van der Waals surface area contributed by atoms with E-state index < -0.39 is 0 Å². The van der Waals surface area contributed by atoms with Gasteiger partial charge in [0.15, 0.2) is 0 Å². The Morgan fingerprint density at radius 1 is 1.38 bits per heavy atom. The van der Waals surface area contributed by atoms with Gasteiger partial charge in [0.25, 0.3) is 0 Å². The molecule has 4 nitrogen and oxygen atoms in total. The summed E-state index contributed by atoms with van der Waals surface area (Å²) in [6, 6.07) is 0.406. The summed E-state index contributed by atoms with van der Waals surface area (Å²) in [6.45, 7) is 2.24. The van der Waals surface area contributed by atoms with Crippen LogP contribution in [0, 0.1) is 11.8 Å². The zero-order valence-corrected chi connectivity index (χ0v) is 9.84. The fraction of sp³-hybridized carbons (Fsp3) is 0.750. The highest BCUT2D eigenvalue weighted by molar-refractivity contribution is 5.34. The van der Waals surface area contributed by atoms with Gasteiger partial charge in [-0.15, -0.1) is 0 Å². The molecule has 2 fully saturated rings. The van der Waals surface area contributed by atoms with Gasteiger partial charge in [-0.05, 0) is 24.7 Å². The van der Waals surface area contributed by atoms with E-state index in [0.717, 1.165) is 25.0 Å². The highest BCUT2D eigenvalue weighted by atomic mass is 15.3. The van der Waals surface area contributed by atoms with Crippen molar-refractivity contribution in [3.63, 3.8) is 0 Å². The van der Waals surface area contributed by atoms with Crippen LogP contribution in [0.4, 0.5) is 5.95 Å². The van der Waals surface area contributed by atoms with E-state index in [1.54, 1.807) is 0 Å². The Morgan fingerprint density at radius 3 is 2.94 bits per heavy atom. The van der Waals surface area contributed by atoms with Crippen LogP contribution in [-0.2, 0) is 7.05 Å². The Kier molecular flexibility index (Phi) is 2.39. The zero-order chi connectivity index (χ0) is 11.1. The van der Waals surface area contributed by atoms with Crippen molar-refractivity contribution < 1.29 is 0 Å². The molecular weight excluding hydrogens is 200 g/mol. The lowest BCUT2D eigenvalue weighted by Gasteiger charge is -2.29. The molecule has 1 aromatic rings. The van der Waals surface area contributed by atoms with Crippen molar-refractivity contribution in [3.8, 4) is 0 Å². The molecule has 2 heterocycles. The zero-order valence-electron chi connectivity index (χ0n) is 9.84. The third-order valence-corrected chi connectivity index (χ3v) is 4.23. The van der Waals surface area contributed by atoms with E-state index in [2.05, 4.69) is 21.5 Å². The third kappa shape index (κ3) is 1.52. The van der Waals surface area contributed by atoms with E-state index in [-0.39, 0.29) is 0 Å². The Hall–Kier alpha value is -1.03. The minimum Gasteiger partial charge on any atom is -0.342 e. The summed E-state index contributed by atoms with van der Waals surface area (Å²) >= 11 is 0. The largest absolute Gasteiger partial charge is 0.342 e. The Balaban J connectivity index is 1.79. The van der Waals surface area contributed by atoms with Crippen LogP contribution in [-0.4, -0.2) is 28.7 Å². The first-order valence-electron chi connectivity index (χ1n) is 6.23. The van der Waals surface area contributed by atoms with Gasteiger partial charge in [-0.2, -0.15) is 0 Å². The molecule has 0 bridgehead atoms. The molecule has 0 spiro atoms. The SMILES string of the molecule is Cn1ccnc1N1CC2CCCC(N)C2C1. The summed E-state index contributed by atoms with van der Waals surface area (Å²) in [5.41, 5.74) is 6.22. The minimum atomic E-state index is 0.406. The van der Waals surface area contributed by atoms with Gasteiger partial charge in [-0.25, -0.2) is 4.98 Å². The summed E-state index contributed by atoms with van der Waals surface area (Å²) in [6.07, 6.45) is 7.74. The first-order valence-corrected chi connectivity index (χ1v) is 6.23. The van der Waals surface area contributed by atoms with E-state index >= 15 is 0 Å². The van der Waals surface area contributed by atoms with Crippen LogP contribution in [0.1, 0.15) is 19.3 Å². The lowest BCUT2D eigenvalue weighted by atomic mass is 9.78. The molecule has 4 heteroatoms. The van der Waals surface area contributed by atoms with Crippen molar-refractivity contribution >= 4 is 5.95 Å². The molecule has 88 valence electrons. The van der Waals surface area contributed by atoms with E-state index in [1.165, 1.54) is 19.3 Å². The highest BCUT2D eigenvalue weighted by Gasteiger charge is 2.39. The van der Waals surface area contributed by atoms with Crippen LogP contribution in [0.5, 0.6) is 0 Å². The minimum absolute atomic E-state index is 0.406. The Morgan fingerprint density at radius 2 is 2.25 bits per heavy atom. The van der Waals surface area contributed by atoms with Gasteiger partial charge in [0, 0.05) is 38.6 Å². The van der Waals surface area contributed by atoms with Crippen molar-refractivity contribution in [2.24, 2.45) is 24.6 Å². The molecule has 16 heavy (non-hydrogen) atoms. The van der Waals surface area contributed by atoms with Crippen LogP contribution in [0.25, 0.3) is 0 Å². The monoisotopic (exact) mass is 220 g/mol. The van der Waals surface area contributed by atoms with Crippen LogP contribution >= 0.6 is 0 Å². The molecule has 3 unspecified atom stereocenters. The molecule has 1 aliphatic carbocycles. The summed E-state index contributed by atoms with van der Waals surface area (Å²) in [7, 11) is 2.06. The molecule has 1 saturated carbocycles. The number of anilines is 1. The van der Waals surface area contributed by atoms with Gasteiger partial charge >= 0.3 is 0 Å². The van der Waals surface area contributed by atoms with Crippen molar-refractivity contribution in [2.45, 2.75) is 25.3 Å². The summed E-state index contributed by atoms with van der Waals surface area (Å²) in [5.74, 6) is 2.58. The van der Waals surface area contributed by atoms with Crippen molar-refractivity contribution in [1.82, 2.24) is 9.55 Å². The molecule has 3 rings (SSSR count). The molecule has 0 amide bonds. The van der Waals surface area contributed by atoms with E-state index in [9.17, 15) is 0 Å². The number of hydrogen-bond acceptors (Lipinski definition) is 3. The summed E-state index contributed by atoms with van der Waals surface area (Å²) in [5, 5.41) is 0. The second kappa shape index (κ2) is 3.77. The van der Waals surface area contributed by atoms with Crippen LogP contribution in [0.3, 0.4) is 0 Å². The fourth-order valence-electron chi connectivity index (χ4n) is 3.34. The quantitative estimate of drug-likeness (QED) is 0.767. The van der Waals surface area contributed by atoms with Crippen LogP contribution < -0.4 is 10.6 Å². The van der Waals surface area contributed by atoms with Gasteiger partial charge in [-0.3, -0.25) is 0 Å². The number of rotatable bonds is 1. The normalized spacial score (nSPS) is 34.1. The van der Waals surface area contributed by atoms with Gasteiger partial charge in [0.2, 0.25) is 5.95 Å². The molecule has 1 aliphatic heterocycles. The van der Waals surface area contributed by atoms with E-state index in [0.29, 0.717) is 12.0 Å². The standard InChI is InChI=1S/C12H20N4/c1-15-6-5-14-12(15)16-7-9-3-2-4-11(13)10(9)8-16/h5-6,9-11H,2-4,7-8,13H2,1H3. The maximum atomic E-state index is 6.22. The number of aryl methyl sites for hydroxylation is 1. The Labute approximate surface area is 96.4 Å². The molecule has 3 atom stereocenters. The van der Waals surface area contributed by atoms with Gasteiger partial charge in [-0.1, -0.05) is 6.42 Å².